The van der Waals surface area contributed by atoms with Gasteiger partial charge in [0.15, 0.2) is 0 Å². The molecule has 1 aliphatic heterocycles. The molecule has 1 atom stereocenters. The summed E-state index contributed by atoms with van der Waals surface area (Å²) in [5.74, 6) is 0.779. The first-order chi connectivity index (χ1) is 8.26. The van der Waals surface area contributed by atoms with Gasteiger partial charge in [-0.3, -0.25) is 0 Å². The molecule has 0 radical (unpaired) electrons. The van der Waals surface area contributed by atoms with Crippen LogP contribution in [0.3, 0.4) is 0 Å². The summed E-state index contributed by atoms with van der Waals surface area (Å²) in [4.78, 5) is 17.0. The van der Waals surface area contributed by atoms with Crippen molar-refractivity contribution < 1.29 is 4.79 Å². The van der Waals surface area contributed by atoms with Crippen LogP contribution in [0.15, 0.2) is 42.4 Å². The van der Waals surface area contributed by atoms with Crippen molar-refractivity contribution in [3.05, 3.63) is 42.4 Å². The van der Waals surface area contributed by atoms with E-state index in [-0.39, 0.29) is 0 Å². The second-order valence-corrected chi connectivity index (χ2v) is 3.65. The van der Waals surface area contributed by atoms with Crippen LogP contribution in [-0.2, 0) is 4.79 Å². The Morgan fingerprint density at radius 3 is 2.94 bits per heavy atom. The van der Waals surface area contributed by atoms with E-state index in [1.165, 1.54) is 0 Å². The van der Waals surface area contributed by atoms with Gasteiger partial charge in [-0.05, 0) is 24.3 Å². The summed E-state index contributed by atoms with van der Waals surface area (Å²) >= 11 is 0. The van der Waals surface area contributed by atoms with Gasteiger partial charge in [-0.2, -0.15) is 0 Å². The molecule has 17 heavy (non-hydrogen) atoms. The second-order valence-electron chi connectivity index (χ2n) is 3.65. The zero-order chi connectivity index (χ0) is 12.3. The van der Waals surface area contributed by atoms with Gasteiger partial charge in [0.05, 0.1) is 11.9 Å². The summed E-state index contributed by atoms with van der Waals surface area (Å²) in [6, 6.07) is 3.28. The monoisotopic (exact) mass is 230 g/mol. The van der Waals surface area contributed by atoms with Crippen molar-refractivity contribution in [3.63, 3.8) is 0 Å². The number of hydrogen-bond donors (Lipinski definition) is 2. The van der Waals surface area contributed by atoms with E-state index < -0.39 is 6.04 Å². The number of rotatable bonds is 3. The fraction of sp³-hybridized carbons (Fsp3) is 0.167. The molecular weight excluding hydrogens is 216 g/mol. The first-order valence-corrected chi connectivity index (χ1v) is 5.27. The van der Waals surface area contributed by atoms with Gasteiger partial charge in [-0.15, -0.1) is 0 Å². The van der Waals surface area contributed by atoms with Crippen LogP contribution >= 0.6 is 0 Å². The molecule has 0 aliphatic carbocycles. The van der Waals surface area contributed by atoms with Crippen LogP contribution in [0.2, 0.25) is 0 Å². The van der Waals surface area contributed by atoms with Crippen LogP contribution in [0, 0.1) is 0 Å². The zero-order valence-corrected chi connectivity index (χ0v) is 9.50. The Bertz CT molecular complexity index is 464. The highest BCUT2D eigenvalue weighted by atomic mass is 16.1. The predicted molar refractivity (Wildman–Crippen MR) is 67.5 cm³/mol. The van der Waals surface area contributed by atoms with E-state index >= 15 is 0 Å². The minimum Gasteiger partial charge on any atom is -0.400 e. The van der Waals surface area contributed by atoms with E-state index in [0.29, 0.717) is 5.70 Å². The summed E-state index contributed by atoms with van der Waals surface area (Å²) < 4.78 is 0. The maximum atomic E-state index is 11.0. The van der Waals surface area contributed by atoms with Crippen molar-refractivity contribution in [1.29, 1.82) is 0 Å². The van der Waals surface area contributed by atoms with Crippen molar-refractivity contribution in [2.75, 3.05) is 17.3 Å². The fourth-order valence-electron chi connectivity index (χ4n) is 1.68. The van der Waals surface area contributed by atoms with Gasteiger partial charge in [-0.25, -0.2) is 4.98 Å². The average molecular weight is 230 g/mol. The molecule has 3 N–H and O–H groups in total. The molecular formula is C12H14N4O. The highest BCUT2D eigenvalue weighted by Crippen LogP contribution is 2.21. The third kappa shape index (κ3) is 2.13. The highest BCUT2D eigenvalue weighted by molar-refractivity contribution is 5.73. The third-order valence-corrected chi connectivity index (χ3v) is 2.61. The third-order valence-electron chi connectivity index (χ3n) is 2.61. The van der Waals surface area contributed by atoms with Gasteiger partial charge in [0.25, 0.3) is 0 Å². The second kappa shape index (κ2) is 4.69. The molecule has 5 heteroatoms. The fourth-order valence-corrected chi connectivity index (χ4v) is 1.68. The van der Waals surface area contributed by atoms with Gasteiger partial charge in [0, 0.05) is 18.9 Å². The van der Waals surface area contributed by atoms with Crippen LogP contribution in [-0.4, -0.2) is 24.4 Å². The largest absolute Gasteiger partial charge is 0.400 e. The number of nitrogens with zero attached hydrogens (tertiary/aromatic N) is 2. The summed E-state index contributed by atoms with van der Waals surface area (Å²) in [6.07, 6.45) is 7.87. The Labute approximate surface area is 99.6 Å². The molecule has 2 heterocycles. The summed E-state index contributed by atoms with van der Waals surface area (Å²) in [5, 5.41) is 2.94. The lowest BCUT2D eigenvalue weighted by atomic mass is 10.1. The molecule has 1 aliphatic rings. The van der Waals surface area contributed by atoms with Crippen molar-refractivity contribution in [3.8, 4) is 0 Å². The summed E-state index contributed by atoms with van der Waals surface area (Å²) in [5.41, 5.74) is 7.13. The van der Waals surface area contributed by atoms with Gasteiger partial charge in [0.2, 0.25) is 0 Å². The Kier molecular flexibility index (Phi) is 3.09. The average Bonchev–Trinajstić information content (AvgIpc) is 2.38. The molecule has 0 fully saturated rings. The number of hydrogen-bond acceptors (Lipinski definition) is 5. The maximum absolute atomic E-state index is 11.0. The topological polar surface area (TPSA) is 71.2 Å². The molecule has 88 valence electrons. The van der Waals surface area contributed by atoms with Crippen molar-refractivity contribution in [1.82, 2.24) is 4.98 Å². The first kappa shape index (κ1) is 11.2. The molecule has 1 unspecified atom stereocenters. The Hall–Kier alpha value is -2.30. The van der Waals surface area contributed by atoms with Crippen LogP contribution < -0.4 is 16.0 Å². The SMILES string of the molecule is CNc1ccc(N2C=CC=C(N)C2C=O)cn1. The quantitative estimate of drug-likeness (QED) is 0.754. The molecule has 1 aromatic heterocycles. The van der Waals surface area contributed by atoms with E-state index in [9.17, 15) is 4.79 Å². The number of aldehydes is 1. The smallest absolute Gasteiger partial charge is 0.148 e. The molecule has 0 amide bonds. The lowest BCUT2D eigenvalue weighted by Gasteiger charge is -2.29. The highest BCUT2D eigenvalue weighted by Gasteiger charge is 2.21. The molecule has 0 spiro atoms. The Morgan fingerprint density at radius 1 is 1.53 bits per heavy atom. The summed E-state index contributed by atoms with van der Waals surface area (Å²) in [7, 11) is 1.80. The van der Waals surface area contributed by atoms with Gasteiger partial charge in [-0.1, -0.05) is 0 Å². The number of pyridine rings is 1. The number of carbonyl (C=O) groups excluding carboxylic acids is 1. The van der Waals surface area contributed by atoms with E-state index in [1.54, 1.807) is 30.3 Å². The molecule has 1 aromatic rings. The zero-order valence-electron chi connectivity index (χ0n) is 9.50. The number of carbonyl (C=O) groups is 1. The number of nitrogens with one attached hydrogen (secondary N) is 1. The van der Waals surface area contributed by atoms with Crippen molar-refractivity contribution >= 4 is 17.8 Å². The van der Waals surface area contributed by atoms with Crippen LogP contribution in [0.1, 0.15) is 0 Å². The summed E-state index contributed by atoms with van der Waals surface area (Å²) in [6.45, 7) is 0. The molecule has 0 aromatic carbocycles. The van der Waals surface area contributed by atoms with E-state index in [2.05, 4.69) is 10.3 Å². The number of nitrogens with two attached hydrogens (primary N) is 1. The van der Waals surface area contributed by atoms with Crippen LogP contribution in [0.4, 0.5) is 11.5 Å². The number of anilines is 2. The predicted octanol–water partition coefficient (Wildman–Crippen LogP) is 0.867. The van der Waals surface area contributed by atoms with E-state index in [0.717, 1.165) is 17.8 Å². The normalized spacial score (nSPS) is 18.8. The molecule has 5 nitrogen and oxygen atoms in total. The van der Waals surface area contributed by atoms with E-state index in [4.69, 9.17) is 5.73 Å². The molecule has 0 saturated heterocycles. The molecule has 0 saturated carbocycles. The van der Waals surface area contributed by atoms with Crippen LogP contribution in [0.5, 0.6) is 0 Å². The van der Waals surface area contributed by atoms with Crippen LogP contribution in [0.25, 0.3) is 0 Å². The van der Waals surface area contributed by atoms with Crippen molar-refractivity contribution in [2.24, 2.45) is 5.73 Å². The Morgan fingerprint density at radius 2 is 2.35 bits per heavy atom. The molecule has 0 bridgehead atoms. The minimum atomic E-state index is -0.456. The van der Waals surface area contributed by atoms with Gasteiger partial charge in [0.1, 0.15) is 18.1 Å². The van der Waals surface area contributed by atoms with Gasteiger partial charge >= 0.3 is 0 Å². The molecule has 2 rings (SSSR count). The number of allylic oxidation sites excluding steroid dienone is 2. The Balaban J connectivity index is 2.29. The van der Waals surface area contributed by atoms with Crippen molar-refractivity contribution in [2.45, 2.75) is 6.04 Å². The lowest BCUT2D eigenvalue weighted by molar-refractivity contribution is -0.108. The lowest BCUT2D eigenvalue weighted by Crippen LogP contribution is -2.38. The minimum absolute atomic E-state index is 0.456. The first-order valence-electron chi connectivity index (χ1n) is 5.27. The maximum Gasteiger partial charge on any atom is 0.148 e. The number of aromatic nitrogens is 1. The standard InChI is InChI=1S/C12H14N4O/c1-14-12-5-4-9(7-15-12)16-6-2-3-10(13)11(16)8-17/h2-8,11H,13H2,1H3,(H,14,15). The van der Waals surface area contributed by atoms with E-state index in [1.807, 2.05) is 18.3 Å². The van der Waals surface area contributed by atoms with Gasteiger partial charge < -0.3 is 20.7 Å².